The van der Waals surface area contributed by atoms with Crippen molar-refractivity contribution in [1.29, 1.82) is 0 Å². The number of aromatic amines is 1. The van der Waals surface area contributed by atoms with Gasteiger partial charge in [0, 0.05) is 6.42 Å². The van der Waals surface area contributed by atoms with Gasteiger partial charge in [0.25, 0.3) is 0 Å². The van der Waals surface area contributed by atoms with E-state index in [9.17, 15) is 8.78 Å². The van der Waals surface area contributed by atoms with E-state index in [1.165, 1.54) is 24.6 Å². The van der Waals surface area contributed by atoms with Crippen LogP contribution in [0.15, 0.2) is 35.5 Å². The average Bonchev–Trinajstić information content (AvgIpc) is 3.27. The molecule has 1 fully saturated rings. The van der Waals surface area contributed by atoms with E-state index < -0.39 is 11.6 Å². The lowest BCUT2D eigenvalue weighted by Crippen LogP contribution is -2.31. The van der Waals surface area contributed by atoms with Gasteiger partial charge in [-0.05, 0) is 55.5 Å². The molecule has 0 bridgehead atoms. The summed E-state index contributed by atoms with van der Waals surface area (Å²) in [5.41, 5.74) is 1.93. The Morgan fingerprint density at radius 1 is 1.07 bits per heavy atom. The Labute approximate surface area is 165 Å². The number of oxime groups is 1. The minimum absolute atomic E-state index is 0.112. The molecule has 5 rings (SSSR count). The maximum Gasteiger partial charge on any atom is 0.156 e. The van der Waals surface area contributed by atoms with Crippen LogP contribution in [0.4, 0.5) is 8.78 Å². The lowest BCUT2D eigenvalue weighted by molar-refractivity contribution is -0.0449. The molecule has 1 saturated carbocycles. The molecule has 28 heavy (non-hydrogen) atoms. The molecule has 1 aliphatic carbocycles. The standard InChI is InChI=1S/C21H18ClF2N3O/c22-13-9-12(18-14(23)5-4-6-15(18)24)10-16-19(13)26-20(25-16)17-11-21(28-27-17)7-2-1-3-8-21/h4-6,9-10H,1-3,7-8,11H2,(H,25,26). The minimum Gasteiger partial charge on any atom is -0.388 e. The molecular weight excluding hydrogens is 384 g/mol. The highest BCUT2D eigenvalue weighted by Gasteiger charge is 2.41. The fraction of sp³-hybridized carbons (Fsp3) is 0.333. The zero-order valence-electron chi connectivity index (χ0n) is 15.1. The van der Waals surface area contributed by atoms with Gasteiger partial charge in [0.15, 0.2) is 5.82 Å². The molecule has 1 N–H and O–H groups in total. The van der Waals surface area contributed by atoms with Crippen molar-refractivity contribution in [3.8, 4) is 11.1 Å². The van der Waals surface area contributed by atoms with Crippen molar-refractivity contribution in [1.82, 2.24) is 9.97 Å². The van der Waals surface area contributed by atoms with E-state index in [1.807, 2.05) is 0 Å². The second kappa shape index (κ2) is 6.55. The summed E-state index contributed by atoms with van der Waals surface area (Å²) >= 11 is 6.39. The summed E-state index contributed by atoms with van der Waals surface area (Å²) in [7, 11) is 0. The first-order chi connectivity index (χ1) is 13.5. The maximum absolute atomic E-state index is 14.2. The molecule has 2 aliphatic rings. The second-order valence-electron chi connectivity index (χ2n) is 7.58. The van der Waals surface area contributed by atoms with Gasteiger partial charge in [-0.3, -0.25) is 0 Å². The molecule has 0 amide bonds. The third-order valence-electron chi connectivity index (χ3n) is 5.67. The van der Waals surface area contributed by atoms with Crippen LogP contribution in [-0.2, 0) is 4.84 Å². The van der Waals surface area contributed by atoms with Gasteiger partial charge in [0.05, 0.1) is 21.6 Å². The minimum atomic E-state index is -0.640. The Hall–Kier alpha value is -2.47. The van der Waals surface area contributed by atoms with Gasteiger partial charge < -0.3 is 9.82 Å². The van der Waals surface area contributed by atoms with Crippen LogP contribution in [-0.4, -0.2) is 21.3 Å². The first-order valence-corrected chi connectivity index (χ1v) is 9.82. The molecule has 0 saturated heterocycles. The van der Waals surface area contributed by atoms with Gasteiger partial charge in [0.1, 0.15) is 22.9 Å². The van der Waals surface area contributed by atoms with E-state index in [-0.39, 0.29) is 11.2 Å². The van der Waals surface area contributed by atoms with Gasteiger partial charge in [-0.25, -0.2) is 13.8 Å². The number of imidazole rings is 1. The fourth-order valence-electron chi connectivity index (χ4n) is 4.24. The van der Waals surface area contributed by atoms with Crippen LogP contribution >= 0.6 is 11.6 Å². The molecule has 0 atom stereocenters. The van der Waals surface area contributed by atoms with Gasteiger partial charge in [-0.1, -0.05) is 29.2 Å². The number of H-pyrrole nitrogens is 1. The molecule has 1 spiro atoms. The number of hydrogen-bond donors (Lipinski definition) is 1. The van der Waals surface area contributed by atoms with E-state index in [0.29, 0.717) is 33.9 Å². The van der Waals surface area contributed by atoms with Crippen molar-refractivity contribution in [2.45, 2.75) is 44.1 Å². The molecule has 2 aromatic carbocycles. The van der Waals surface area contributed by atoms with Gasteiger partial charge in [0.2, 0.25) is 0 Å². The van der Waals surface area contributed by atoms with Crippen molar-refractivity contribution >= 4 is 28.3 Å². The van der Waals surface area contributed by atoms with E-state index >= 15 is 0 Å². The first kappa shape index (κ1) is 17.6. The zero-order chi connectivity index (χ0) is 19.3. The van der Waals surface area contributed by atoms with E-state index in [2.05, 4.69) is 15.1 Å². The fourth-order valence-corrected chi connectivity index (χ4v) is 4.50. The third-order valence-corrected chi connectivity index (χ3v) is 5.97. The lowest BCUT2D eigenvalue weighted by atomic mass is 9.81. The molecule has 144 valence electrons. The van der Waals surface area contributed by atoms with Crippen molar-refractivity contribution in [3.63, 3.8) is 0 Å². The Morgan fingerprint density at radius 3 is 2.57 bits per heavy atom. The summed E-state index contributed by atoms with van der Waals surface area (Å²) in [6.07, 6.45) is 6.23. The summed E-state index contributed by atoms with van der Waals surface area (Å²) < 4.78 is 28.3. The Kier molecular flexibility index (Phi) is 4.12. The number of halogens is 3. The van der Waals surface area contributed by atoms with Crippen LogP contribution in [0.5, 0.6) is 0 Å². The van der Waals surface area contributed by atoms with Crippen LogP contribution in [0.2, 0.25) is 5.02 Å². The second-order valence-corrected chi connectivity index (χ2v) is 7.99. The SMILES string of the molecule is Fc1cccc(F)c1-c1cc(Cl)c2[nH]c(C3=NOC4(CCCCC4)C3)nc2c1. The molecule has 1 aromatic heterocycles. The number of nitrogens with zero attached hydrogens (tertiary/aromatic N) is 2. The number of hydrogen-bond acceptors (Lipinski definition) is 3. The van der Waals surface area contributed by atoms with E-state index in [1.54, 1.807) is 12.1 Å². The molecule has 2 heterocycles. The van der Waals surface area contributed by atoms with Crippen molar-refractivity contribution in [2.75, 3.05) is 0 Å². The summed E-state index contributed by atoms with van der Waals surface area (Å²) in [5, 5.41) is 4.62. The Bertz CT molecular complexity index is 1080. The van der Waals surface area contributed by atoms with Gasteiger partial charge in [-0.2, -0.15) is 0 Å². The number of nitrogens with one attached hydrogen (secondary N) is 1. The average molecular weight is 402 g/mol. The van der Waals surface area contributed by atoms with Crippen LogP contribution in [0.3, 0.4) is 0 Å². The Balaban J connectivity index is 1.53. The summed E-state index contributed by atoms with van der Waals surface area (Å²) in [6, 6.07) is 6.96. The van der Waals surface area contributed by atoms with Crippen LogP contribution in [0, 0.1) is 11.6 Å². The van der Waals surface area contributed by atoms with Crippen LogP contribution in [0.25, 0.3) is 22.2 Å². The zero-order valence-corrected chi connectivity index (χ0v) is 15.8. The van der Waals surface area contributed by atoms with Crippen molar-refractivity contribution < 1.29 is 13.6 Å². The maximum atomic E-state index is 14.2. The highest BCUT2D eigenvalue weighted by Crippen LogP contribution is 2.40. The highest BCUT2D eigenvalue weighted by molar-refractivity contribution is 6.35. The molecule has 3 aromatic rings. The summed E-state index contributed by atoms with van der Waals surface area (Å²) in [6.45, 7) is 0. The smallest absolute Gasteiger partial charge is 0.156 e. The summed E-state index contributed by atoms with van der Waals surface area (Å²) in [4.78, 5) is 13.6. The lowest BCUT2D eigenvalue weighted by Gasteiger charge is -2.30. The number of benzene rings is 2. The molecule has 0 unspecified atom stereocenters. The number of fused-ring (bicyclic) bond motifs is 1. The number of aromatic nitrogens is 2. The quantitative estimate of drug-likeness (QED) is 0.573. The van der Waals surface area contributed by atoms with Gasteiger partial charge >= 0.3 is 0 Å². The highest BCUT2D eigenvalue weighted by atomic mass is 35.5. The molecule has 4 nitrogen and oxygen atoms in total. The predicted octanol–water partition coefficient (Wildman–Crippen LogP) is 5.99. The Morgan fingerprint density at radius 2 is 1.82 bits per heavy atom. The van der Waals surface area contributed by atoms with Crippen molar-refractivity contribution in [2.24, 2.45) is 5.16 Å². The normalized spacial score (nSPS) is 18.5. The predicted molar refractivity (Wildman–Crippen MR) is 105 cm³/mol. The monoisotopic (exact) mass is 401 g/mol. The van der Waals surface area contributed by atoms with E-state index in [4.69, 9.17) is 16.4 Å². The van der Waals surface area contributed by atoms with E-state index in [0.717, 1.165) is 31.4 Å². The number of rotatable bonds is 2. The molecular formula is C21H18ClF2N3O. The first-order valence-electron chi connectivity index (χ1n) is 9.44. The topological polar surface area (TPSA) is 50.3 Å². The van der Waals surface area contributed by atoms with Crippen molar-refractivity contribution in [3.05, 3.63) is 52.8 Å². The molecule has 0 radical (unpaired) electrons. The molecule has 1 aliphatic heterocycles. The van der Waals surface area contributed by atoms with Gasteiger partial charge in [-0.15, -0.1) is 0 Å². The third kappa shape index (κ3) is 2.87. The largest absolute Gasteiger partial charge is 0.388 e. The van der Waals surface area contributed by atoms with Crippen LogP contribution < -0.4 is 0 Å². The van der Waals surface area contributed by atoms with Crippen LogP contribution in [0.1, 0.15) is 44.3 Å². The molecule has 7 heteroatoms. The summed E-state index contributed by atoms with van der Waals surface area (Å²) in [5.74, 6) is -0.691.